The number of nitrogens with two attached hydrogens (primary N) is 1. The number of hydrogen-bond acceptors (Lipinski definition) is 5. The third-order valence-corrected chi connectivity index (χ3v) is 3.25. The van der Waals surface area contributed by atoms with Gasteiger partial charge in [-0.05, 0) is 19.8 Å². The van der Waals surface area contributed by atoms with E-state index in [0.29, 0.717) is 5.92 Å². The van der Waals surface area contributed by atoms with Gasteiger partial charge in [0.2, 0.25) is 5.89 Å². The molecule has 2 N–H and O–H groups in total. The topological polar surface area (TPSA) is 64.9 Å². The highest BCUT2D eigenvalue weighted by Gasteiger charge is 2.28. The van der Waals surface area contributed by atoms with E-state index in [4.69, 9.17) is 10.3 Å². The average Bonchev–Trinajstić information content (AvgIpc) is 2.87. The van der Waals surface area contributed by atoms with Gasteiger partial charge in [0.1, 0.15) is 0 Å². The van der Waals surface area contributed by atoms with Crippen LogP contribution in [0.2, 0.25) is 0 Å². The Bertz CT molecular complexity index is 296. The van der Waals surface area contributed by atoms with Crippen molar-refractivity contribution < 1.29 is 4.52 Å². The largest absolute Gasteiger partial charge is 0.338 e. The molecule has 1 unspecified atom stereocenters. The van der Waals surface area contributed by atoms with Crippen molar-refractivity contribution in [3.63, 3.8) is 0 Å². The van der Waals surface area contributed by atoms with Crippen LogP contribution in [-0.4, -0.2) is 21.9 Å². The SMILES string of the molecule is CC(N)CSCc1nc(C2CC2)no1. The molecule has 78 valence electrons. The molecular formula is C9H15N3OS. The normalized spacial score (nSPS) is 18.4. The Morgan fingerprint density at radius 1 is 1.64 bits per heavy atom. The summed E-state index contributed by atoms with van der Waals surface area (Å²) in [6.45, 7) is 2.00. The molecule has 1 aromatic heterocycles. The summed E-state index contributed by atoms with van der Waals surface area (Å²) in [5.74, 6) is 3.91. The van der Waals surface area contributed by atoms with Crippen LogP contribution in [0.3, 0.4) is 0 Å². The molecule has 0 spiro atoms. The molecule has 14 heavy (non-hydrogen) atoms. The molecule has 0 amide bonds. The maximum Gasteiger partial charge on any atom is 0.236 e. The predicted molar refractivity (Wildman–Crippen MR) is 56.1 cm³/mol. The van der Waals surface area contributed by atoms with Gasteiger partial charge in [-0.25, -0.2) is 0 Å². The van der Waals surface area contributed by atoms with E-state index in [1.807, 2.05) is 6.92 Å². The molecule has 4 nitrogen and oxygen atoms in total. The zero-order valence-electron chi connectivity index (χ0n) is 8.27. The van der Waals surface area contributed by atoms with Crippen molar-refractivity contribution in [2.24, 2.45) is 5.73 Å². The molecule has 0 aliphatic heterocycles. The van der Waals surface area contributed by atoms with Crippen molar-refractivity contribution in [1.29, 1.82) is 0 Å². The Morgan fingerprint density at radius 3 is 3.07 bits per heavy atom. The fraction of sp³-hybridized carbons (Fsp3) is 0.778. The smallest absolute Gasteiger partial charge is 0.236 e. The first-order valence-corrected chi connectivity index (χ1v) is 6.07. The molecule has 1 aromatic rings. The van der Waals surface area contributed by atoms with E-state index in [9.17, 15) is 0 Å². The van der Waals surface area contributed by atoms with E-state index in [1.165, 1.54) is 12.8 Å². The molecule has 1 atom stereocenters. The molecule has 1 heterocycles. The van der Waals surface area contributed by atoms with E-state index in [-0.39, 0.29) is 6.04 Å². The van der Waals surface area contributed by atoms with Crippen molar-refractivity contribution in [3.05, 3.63) is 11.7 Å². The second-order valence-electron chi connectivity index (χ2n) is 3.81. The van der Waals surface area contributed by atoms with Crippen LogP contribution < -0.4 is 5.73 Å². The lowest BCUT2D eigenvalue weighted by molar-refractivity contribution is 0.385. The fourth-order valence-corrected chi connectivity index (χ4v) is 1.95. The van der Waals surface area contributed by atoms with Crippen LogP contribution in [0.4, 0.5) is 0 Å². The second kappa shape index (κ2) is 4.31. The third kappa shape index (κ3) is 2.72. The van der Waals surface area contributed by atoms with E-state index in [0.717, 1.165) is 23.2 Å². The summed E-state index contributed by atoms with van der Waals surface area (Å²) in [7, 11) is 0. The summed E-state index contributed by atoms with van der Waals surface area (Å²) >= 11 is 1.74. The predicted octanol–water partition coefficient (Wildman–Crippen LogP) is 1.53. The lowest BCUT2D eigenvalue weighted by Gasteiger charge is -2.00. The maximum absolute atomic E-state index is 5.63. The Labute approximate surface area is 87.6 Å². The Kier molecular flexibility index (Phi) is 3.08. The number of rotatable bonds is 5. The van der Waals surface area contributed by atoms with Gasteiger partial charge < -0.3 is 10.3 Å². The first-order valence-electron chi connectivity index (χ1n) is 4.91. The molecule has 1 aliphatic rings. The zero-order chi connectivity index (χ0) is 9.97. The monoisotopic (exact) mass is 213 g/mol. The first kappa shape index (κ1) is 9.98. The first-order chi connectivity index (χ1) is 6.75. The summed E-state index contributed by atoms with van der Waals surface area (Å²) in [4.78, 5) is 4.33. The molecule has 0 aromatic carbocycles. The van der Waals surface area contributed by atoms with Crippen LogP contribution in [0, 0.1) is 0 Å². The molecule has 2 rings (SSSR count). The van der Waals surface area contributed by atoms with E-state index >= 15 is 0 Å². The molecule has 5 heteroatoms. The molecule has 0 saturated heterocycles. The van der Waals surface area contributed by atoms with Gasteiger partial charge in [0.15, 0.2) is 5.82 Å². The van der Waals surface area contributed by atoms with Gasteiger partial charge in [-0.3, -0.25) is 0 Å². The number of nitrogens with zero attached hydrogens (tertiary/aromatic N) is 2. The van der Waals surface area contributed by atoms with Crippen molar-refractivity contribution in [1.82, 2.24) is 10.1 Å². The Morgan fingerprint density at radius 2 is 2.43 bits per heavy atom. The van der Waals surface area contributed by atoms with Gasteiger partial charge in [-0.1, -0.05) is 5.16 Å². The van der Waals surface area contributed by atoms with Crippen molar-refractivity contribution >= 4 is 11.8 Å². The lowest BCUT2D eigenvalue weighted by atomic mass is 10.4. The lowest BCUT2D eigenvalue weighted by Crippen LogP contribution is -2.17. The maximum atomic E-state index is 5.63. The fourth-order valence-electron chi connectivity index (χ4n) is 1.17. The summed E-state index contributed by atoms with van der Waals surface area (Å²) < 4.78 is 5.12. The van der Waals surface area contributed by atoms with Crippen molar-refractivity contribution in [2.75, 3.05) is 5.75 Å². The summed E-state index contributed by atoms with van der Waals surface area (Å²) in [6, 6.07) is 0.228. The van der Waals surface area contributed by atoms with Gasteiger partial charge in [0.25, 0.3) is 0 Å². The van der Waals surface area contributed by atoms with E-state index < -0.39 is 0 Å². The van der Waals surface area contributed by atoms with Crippen LogP contribution in [0.5, 0.6) is 0 Å². The van der Waals surface area contributed by atoms with Crippen LogP contribution in [-0.2, 0) is 5.75 Å². The van der Waals surface area contributed by atoms with Crippen molar-refractivity contribution in [2.45, 2.75) is 37.5 Å². The summed E-state index contributed by atoms with van der Waals surface area (Å²) in [6.07, 6.45) is 2.43. The standard InChI is InChI=1S/C9H15N3OS/c1-6(10)4-14-5-8-11-9(12-13-8)7-2-3-7/h6-7H,2-5,10H2,1H3. The minimum absolute atomic E-state index is 0.228. The van der Waals surface area contributed by atoms with Crippen LogP contribution in [0.1, 0.15) is 37.4 Å². The molecule has 0 bridgehead atoms. The van der Waals surface area contributed by atoms with Gasteiger partial charge in [-0.2, -0.15) is 16.7 Å². The zero-order valence-corrected chi connectivity index (χ0v) is 9.09. The van der Waals surface area contributed by atoms with Crippen LogP contribution >= 0.6 is 11.8 Å². The average molecular weight is 213 g/mol. The van der Waals surface area contributed by atoms with Crippen molar-refractivity contribution in [3.8, 4) is 0 Å². The van der Waals surface area contributed by atoms with Gasteiger partial charge in [-0.15, -0.1) is 0 Å². The highest BCUT2D eigenvalue weighted by Crippen LogP contribution is 2.38. The molecule has 0 radical (unpaired) electrons. The second-order valence-corrected chi connectivity index (χ2v) is 4.84. The Hall–Kier alpha value is -0.550. The molecule has 1 aliphatic carbocycles. The van der Waals surface area contributed by atoms with Gasteiger partial charge >= 0.3 is 0 Å². The number of hydrogen-bond donors (Lipinski definition) is 1. The molecule has 1 fully saturated rings. The van der Waals surface area contributed by atoms with Gasteiger partial charge in [0, 0.05) is 17.7 Å². The number of thioether (sulfide) groups is 1. The highest BCUT2D eigenvalue weighted by molar-refractivity contribution is 7.98. The van der Waals surface area contributed by atoms with Crippen LogP contribution in [0.15, 0.2) is 4.52 Å². The van der Waals surface area contributed by atoms with E-state index in [2.05, 4.69) is 10.1 Å². The van der Waals surface area contributed by atoms with Crippen LogP contribution in [0.25, 0.3) is 0 Å². The third-order valence-electron chi connectivity index (χ3n) is 2.03. The minimum Gasteiger partial charge on any atom is -0.338 e. The Balaban J connectivity index is 1.78. The summed E-state index contributed by atoms with van der Waals surface area (Å²) in [5, 5.41) is 3.95. The van der Waals surface area contributed by atoms with Gasteiger partial charge in [0.05, 0.1) is 5.75 Å². The number of aromatic nitrogens is 2. The highest BCUT2D eigenvalue weighted by atomic mass is 32.2. The summed E-state index contributed by atoms with van der Waals surface area (Å²) in [5.41, 5.74) is 5.63. The van der Waals surface area contributed by atoms with E-state index in [1.54, 1.807) is 11.8 Å². The molecule has 1 saturated carbocycles. The quantitative estimate of drug-likeness (QED) is 0.803. The minimum atomic E-state index is 0.228. The molecular weight excluding hydrogens is 198 g/mol.